The smallest absolute Gasteiger partial charge is 0.288 e. The van der Waals surface area contributed by atoms with Gasteiger partial charge < -0.3 is 15.4 Å². The van der Waals surface area contributed by atoms with E-state index < -0.39 is 10.8 Å². The molecule has 0 bridgehead atoms. The van der Waals surface area contributed by atoms with E-state index in [4.69, 9.17) is 16.3 Å². The molecule has 0 spiro atoms. The van der Waals surface area contributed by atoms with Crippen LogP contribution < -0.4 is 10.6 Å². The lowest BCUT2D eigenvalue weighted by Gasteiger charge is -2.06. The highest BCUT2D eigenvalue weighted by atomic mass is 35.5. The highest BCUT2D eigenvalue weighted by molar-refractivity contribution is 6.32. The van der Waals surface area contributed by atoms with Crippen molar-refractivity contribution in [1.29, 1.82) is 0 Å². The normalized spacial score (nSPS) is 10.0. The zero-order chi connectivity index (χ0) is 15.8. The van der Waals surface area contributed by atoms with Gasteiger partial charge in [-0.15, -0.1) is 0 Å². The Morgan fingerprint density at radius 1 is 1.38 bits per heavy atom. The predicted octanol–water partition coefficient (Wildman–Crippen LogP) is 0.741. The summed E-state index contributed by atoms with van der Waals surface area (Å²) in [6, 6.07) is 3.65. The van der Waals surface area contributed by atoms with Gasteiger partial charge in [0, 0.05) is 25.3 Å². The minimum Gasteiger partial charge on any atom is -0.383 e. The quantitative estimate of drug-likeness (QED) is 0.438. The Kier molecular flexibility index (Phi) is 6.57. The molecule has 0 aliphatic carbocycles. The lowest BCUT2D eigenvalue weighted by molar-refractivity contribution is -0.384. The van der Waals surface area contributed by atoms with Crippen LogP contribution in [0, 0.1) is 10.1 Å². The van der Waals surface area contributed by atoms with Gasteiger partial charge in [0.1, 0.15) is 5.02 Å². The number of amides is 2. The first-order valence-corrected chi connectivity index (χ1v) is 6.31. The summed E-state index contributed by atoms with van der Waals surface area (Å²) in [5.74, 6) is -0.986. The molecule has 114 valence electrons. The topological polar surface area (TPSA) is 111 Å². The van der Waals surface area contributed by atoms with Gasteiger partial charge in [0.05, 0.1) is 18.1 Å². The fourth-order valence-corrected chi connectivity index (χ4v) is 1.60. The van der Waals surface area contributed by atoms with Crippen molar-refractivity contribution < 1.29 is 19.2 Å². The van der Waals surface area contributed by atoms with Crippen molar-refractivity contribution in [2.24, 2.45) is 0 Å². The Morgan fingerprint density at radius 3 is 2.71 bits per heavy atom. The molecule has 0 heterocycles. The van der Waals surface area contributed by atoms with Crippen molar-refractivity contribution in [3.8, 4) is 0 Å². The lowest BCUT2D eigenvalue weighted by Crippen LogP contribution is -2.38. The number of methoxy groups -OCH3 is 1. The van der Waals surface area contributed by atoms with Crippen molar-refractivity contribution >= 4 is 29.1 Å². The second kappa shape index (κ2) is 8.18. The third-order valence-corrected chi connectivity index (χ3v) is 2.76. The average Bonchev–Trinajstić information content (AvgIpc) is 2.45. The molecule has 2 amide bonds. The van der Waals surface area contributed by atoms with Crippen molar-refractivity contribution in [3.63, 3.8) is 0 Å². The molecule has 1 aromatic carbocycles. The maximum Gasteiger partial charge on any atom is 0.288 e. The molecule has 0 saturated heterocycles. The van der Waals surface area contributed by atoms with Crippen molar-refractivity contribution in [2.75, 3.05) is 26.8 Å². The van der Waals surface area contributed by atoms with E-state index in [1.807, 2.05) is 0 Å². The van der Waals surface area contributed by atoms with Crippen LogP contribution in [0.1, 0.15) is 10.4 Å². The fourth-order valence-electron chi connectivity index (χ4n) is 1.41. The van der Waals surface area contributed by atoms with E-state index in [1.54, 1.807) is 0 Å². The van der Waals surface area contributed by atoms with Gasteiger partial charge in [0.15, 0.2) is 0 Å². The van der Waals surface area contributed by atoms with Gasteiger partial charge in [-0.2, -0.15) is 0 Å². The van der Waals surface area contributed by atoms with Gasteiger partial charge in [-0.3, -0.25) is 19.7 Å². The number of hydrogen-bond donors (Lipinski definition) is 2. The lowest BCUT2D eigenvalue weighted by atomic mass is 10.2. The Balaban J connectivity index is 2.58. The highest BCUT2D eigenvalue weighted by Gasteiger charge is 2.16. The summed E-state index contributed by atoms with van der Waals surface area (Å²) in [5, 5.41) is 15.5. The van der Waals surface area contributed by atoms with Crippen LogP contribution >= 0.6 is 11.6 Å². The number of halogens is 1. The Morgan fingerprint density at radius 2 is 2.10 bits per heavy atom. The van der Waals surface area contributed by atoms with E-state index in [2.05, 4.69) is 10.6 Å². The molecule has 1 rings (SSSR count). The molecule has 0 atom stereocenters. The molecule has 0 aromatic heterocycles. The molecular weight excluding hydrogens is 302 g/mol. The van der Waals surface area contributed by atoms with Crippen molar-refractivity contribution in [1.82, 2.24) is 10.6 Å². The zero-order valence-corrected chi connectivity index (χ0v) is 12.0. The number of benzene rings is 1. The van der Waals surface area contributed by atoms with Crippen LogP contribution in [0.4, 0.5) is 5.69 Å². The summed E-state index contributed by atoms with van der Waals surface area (Å²) in [7, 11) is 1.50. The second-order valence-corrected chi connectivity index (χ2v) is 4.36. The molecule has 0 aliphatic rings. The van der Waals surface area contributed by atoms with Gasteiger partial charge in [0.2, 0.25) is 5.91 Å². The van der Waals surface area contributed by atoms with Crippen LogP contribution in [0.5, 0.6) is 0 Å². The number of carbonyl (C=O) groups is 2. The Bertz CT molecular complexity index is 550. The van der Waals surface area contributed by atoms with Gasteiger partial charge in [-0.05, 0) is 12.1 Å². The molecule has 9 heteroatoms. The molecule has 0 saturated carbocycles. The summed E-state index contributed by atoms with van der Waals surface area (Å²) in [6.07, 6.45) is 0. The molecule has 2 N–H and O–H groups in total. The minimum atomic E-state index is -0.684. The molecule has 0 fully saturated rings. The molecule has 21 heavy (non-hydrogen) atoms. The van der Waals surface area contributed by atoms with Crippen LogP contribution in [-0.4, -0.2) is 43.5 Å². The molecule has 8 nitrogen and oxygen atoms in total. The number of nitro groups is 1. The largest absolute Gasteiger partial charge is 0.383 e. The maximum atomic E-state index is 11.8. The molecule has 0 radical (unpaired) electrons. The Labute approximate surface area is 125 Å². The Hall–Kier alpha value is -2.19. The number of carbonyl (C=O) groups excluding carboxylic acids is 2. The summed E-state index contributed by atoms with van der Waals surface area (Å²) < 4.78 is 4.76. The number of nitrogens with zero attached hydrogens (tertiary/aromatic N) is 1. The summed E-state index contributed by atoms with van der Waals surface area (Å²) in [6.45, 7) is 0.458. The second-order valence-electron chi connectivity index (χ2n) is 3.95. The highest BCUT2D eigenvalue weighted by Crippen LogP contribution is 2.24. The van der Waals surface area contributed by atoms with Crippen LogP contribution in [0.3, 0.4) is 0 Å². The standard InChI is InChI=1S/C12H14ClN3O5/c1-21-5-4-14-11(17)7-15-12(18)8-2-3-9(13)10(6-8)16(19)20/h2-3,6H,4-5,7H2,1H3,(H,14,17)(H,15,18). The molecule has 0 aliphatic heterocycles. The number of hydrogen-bond acceptors (Lipinski definition) is 5. The summed E-state index contributed by atoms with van der Waals surface area (Å²) in [5.41, 5.74) is -0.315. The third-order valence-electron chi connectivity index (χ3n) is 2.44. The van der Waals surface area contributed by atoms with Crippen molar-refractivity contribution in [3.05, 3.63) is 38.9 Å². The number of rotatable bonds is 7. The van der Waals surface area contributed by atoms with E-state index in [1.165, 1.54) is 19.2 Å². The van der Waals surface area contributed by atoms with E-state index in [0.717, 1.165) is 6.07 Å². The minimum absolute atomic E-state index is 0.0517. The zero-order valence-electron chi connectivity index (χ0n) is 11.2. The van der Waals surface area contributed by atoms with Gasteiger partial charge in [0.25, 0.3) is 11.6 Å². The molecule has 0 unspecified atom stereocenters. The first kappa shape index (κ1) is 16.9. The first-order chi connectivity index (χ1) is 9.95. The fraction of sp³-hybridized carbons (Fsp3) is 0.333. The maximum absolute atomic E-state index is 11.8. The third kappa shape index (κ3) is 5.36. The average molecular weight is 316 g/mol. The molecular formula is C12H14ClN3O5. The molecule has 1 aromatic rings. The van der Waals surface area contributed by atoms with Crippen LogP contribution in [0.2, 0.25) is 5.02 Å². The SMILES string of the molecule is COCCNC(=O)CNC(=O)c1ccc(Cl)c([N+](=O)[O-])c1. The number of nitrogens with one attached hydrogen (secondary N) is 2. The van der Waals surface area contributed by atoms with E-state index >= 15 is 0 Å². The van der Waals surface area contributed by atoms with Crippen LogP contribution in [-0.2, 0) is 9.53 Å². The van der Waals surface area contributed by atoms with Gasteiger partial charge in [-0.25, -0.2) is 0 Å². The van der Waals surface area contributed by atoms with E-state index in [9.17, 15) is 19.7 Å². The van der Waals surface area contributed by atoms with Gasteiger partial charge in [-0.1, -0.05) is 11.6 Å². The van der Waals surface area contributed by atoms with Crippen molar-refractivity contribution in [2.45, 2.75) is 0 Å². The van der Waals surface area contributed by atoms with Crippen LogP contribution in [0.15, 0.2) is 18.2 Å². The predicted molar refractivity (Wildman–Crippen MR) is 75.3 cm³/mol. The number of nitro benzene ring substituents is 1. The first-order valence-electron chi connectivity index (χ1n) is 5.93. The summed E-state index contributed by atoms with van der Waals surface area (Å²) in [4.78, 5) is 33.2. The number of ether oxygens (including phenoxy) is 1. The van der Waals surface area contributed by atoms with E-state index in [-0.39, 0.29) is 28.7 Å². The monoisotopic (exact) mass is 315 g/mol. The van der Waals surface area contributed by atoms with Gasteiger partial charge >= 0.3 is 0 Å². The van der Waals surface area contributed by atoms with E-state index in [0.29, 0.717) is 13.2 Å². The summed E-state index contributed by atoms with van der Waals surface area (Å²) >= 11 is 5.65. The van der Waals surface area contributed by atoms with Crippen LogP contribution in [0.25, 0.3) is 0 Å².